The molecule has 1 amide bonds. The van der Waals surface area contributed by atoms with Crippen LogP contribution in [0.2, 0.25) is 5.02 Å². The van der Waals surface area contributed by atoms with Gasteiger partial charge in [0.25, 0.3) is 5.56 Å². The normalized spacial score (nSPS) is 12.2. The number of anilines is 2. The molecule has 1 atom stereocenters. The molecule has 8 heteroatoms. The number of thiophene rings is 1. The summed E-state index contributed by atoms with van der Waals surface area (Å²) in [5, 5.41) is 7.04. The maximum atomic E-state index is 12.7. The first-order valence-corrected chi connectivity index (χ1v) is 10.8. The molecule has 0 aliphatic carbocycles. The number of halogens is 1. The maximum Gasteiger partial charge on any atom is 0.259 e. The second-order valence-electron chi connectivity index (χ2n) is 7.28. The summed E-state index contributed by atoms with van der Waals surface area (Å²) in [5.41, 5.74) is 2.36. The first-order valence-electron chi connectivity index (χ1n) is 9.60. The number of aromatic amines is 1. The summed E-state index contributed by atoms with van der Waals surface area (Å²) in [6, 6.07) is 5.27. The van der Waals surface area contributed by atoms with Crippen molar-refractivity contribution in [3.8, 4) is 0 Å². The lowest BCUT2D eigenvalue weighted by atomic mass is 9.98. The lowest BCUT2D eigenvalue weighted by molar-refractivity contribution is -0.114. The Morgan fingerprint density at radius 2 is 2.14 bits per heavy atom. The van der Waals surface area contributed by atoms with Crippen LogP contribution < -0.4 is 16.2 Å². The van der Waals surface area contributed by atoms with E-state index in [1.807, 2.05) is 6.07 Å². The Kier molecular flexibility index (Phi) is 6.59. The average molecular weight is 433 g/mol. The third kappa shape index (κ3) is 4.97. The summed E-state index contributed by atoms with van der Waals surface area (Å²) < 4.78 is 0. The van der Waals surface area contributed by atoms with Gasteiger partial charge in [-0.05, 0) is 43.0 Å². The van der Waals surface area contributed by atoms with Crippen molar-refractivity contribution in [2.24, 2.45) is 5.92 Å². The molecule has 3 aromatic rings. The van der Waals surface area contributed by atoms with Gasteiger partial charge in [0.2, 0.25) is 5.91 Å². The van der Waals surface area contributed by atoms with Crippen LogP contribution in [-0.4, -0.2) is 15.9 Å². The second kappa shape index (κ2) is 8.97. The fraction of sp³-hybridized carbons (Fsp3) is 0.381. The Balaban J connectivity index is 1.80. The van der Waals surface area contributed by atoms with Gasteiger partial charge in [-0.2, -0.15) is 0 Å². The molecular formula is C21H25ClN4O2S. The molecule has 0 bridgehead atoms. The smallest absolute Gasteiger partial charge is 0.259 e. The third-order valence-corrected chi connectivity index (χ3v) is 6.26. The Morgan fingerprint density at radius 1 is 1.38 bits per heavy atom. The number of rotatable bonds is 7. The topological polar surface area (TPSA) is 86.9 Å². The molecule has 0 aliphatic rings. The van der Waals surface area contributed by atoms with Gasteiger partial charge in [0.05, 0.1) is 22.6 Å². The molecule has 0 aliphatic heterocycles. The van der Waals surface area contributed by atoms with E-state index in [2.05, 4.69) is 41.4 Å². The fourth-order valence-electron chi connectivity index (χ4n) is 3.14. The van der Waals surface area contributed by atoms with Crippen molar-refractivity contribution in [3.05, 3.63) is 49.8 Å². The molecule has 1 aromatic carbocycles. The van der Waals surface area contributed by atoms with E-state index < -0.39 is 0 Å². The van der Waals surface area contributed by atoms with Gasteiger partial charge < -0.3 is 15.6 Å². The standard InChI is InChI=1S/C21H25ClN4O2S/c1-5-11(2)8-15-12(3)29-21-19(15)20(28)25-18(26-21)10-23-14-6-7-17(16(22)9-14)24-13(4)27/h6-7,9,11,23H,5,8,10H2,1-4H3,(H,24,27)(H,25,26,28)/t11-/m1/s1. The fourth-order valence-corrected chi connectivity index (χ4v) is 4.44. The number of fused-ring (bicyclic) bond motifs is 1. The molecule has 3 N–H and O–H groups in total. The van der Waals surface area contributed by atoms with Gasteiger partial charge in [-0.25, -0.2) is 4.98 Å². The molecule has 0 unspecified atom stereocenters. The number of hydrogen-bond acceptors (Lipinski definition) is 5. The van der Waals surface area contributed by atoms with Gasteiger partial charge in [-0.3, -0.25) is 9.59 Å². The number of benzene rings is 1. The first kappa shape index (κ1) is 21.3. The zero-order chi connectivity index (χ0) is 21.1. The monoisotopic (exact) mass is 432 g/mol. The number of hydrogen-bond donors (Lipinski definition) is 3. The van der Waals surface area contributed by atoms with E-state index in [9.17, 15) is 9.59 Å². The van der Waals surface area contributed by atoms with Crippen LogP contribution in [0.15, 0.2) is 23.0 Å². The highest BCUT2D eigenvalue weighted by molar-refractivity contribution is 7.18. The molecule has 29 heavy (non-hydrogen) atoms. The zero-order valence-electron chi connectivity index (χ0n) is 17.0. The number of nitrogens with zero attached hydrogens (tertiary/aromatic N) is 1. The lowest BCUT2D eigenvalue weighted by Gasteiger charge is -2.10. The van der Waals surface area contributed by atoms with E-state index >= 15 is 0 Å². The molecular weight excluding hydrogens is 408 g/mol. The molecule has 0 radical (unpaired) electrons. The van der Waals surface area contributed by atoms with E-state index in [1.54, 1.807) is 23.5 Å². The van der Waals surface area contributed by atoms with E-state index in [0.29, 0.717) is 29.0 Å². The number of H-pyrrole nitrogens is 1. The number of carbonyl (C=O) groups excluding carboxylic acids is 1. The van der Waals surface area contributed by atoms with Crippen LogP contribution in [0.1, 0.15) is 43.5 Å². The summed E-state index contributed by atoms with van der Waals surface area (Å²) in [7, 11) is 0. The van der Waals surface area contributed by atoms with Gasteiger partial charge in [0, 0.05) is 17.5 Å². The van der Waals surface area contributed by atoms with Crippen molar-refractivity contribution in [2.75, 3.05) is 10.6 Å². The second-order valence-corrected chi connectivity index (χ2v) is 8.89. The molecule has 2 aromatic heterocycles. The first-order chi connectivity index (χ1) is 13.8. The van der Waals surface area contributed by atoms with Crippen LogP contribution in [0.5, 0.6) is 0 Å². The summed E-state index contributed by atoms with van der Waals surface area (Å²) in [6.07, 6.45) is 1.97. The molecule has 0 spiro atoms. The molecule has 3 rings (SSSR count). The summed E-state index contributed by atoms with van der Waals surface area (Å²) in [4.78, 5) is 33.4. The van der Waals surface area contributed by atoms with Crippen molar-refractivity contribution in [1.29, 1.82) is 0 Å². The van der Waals surface area contributed by atoms with Gasteiger partial charge >= 0.3 is 0 Å². The highest BCUT2D eigenvalue weighted by Gasteiger charge is 2.16. The molecule has 0 saturated heterocycles. The predicted octanol–water partition coefficient (Wildman–Crippen LogP) is 5.11. The number of aromatic nitrogens is 2. The minimum Gasteiger partial charge on any atom is -0.378 e. The van der Waals surface area contributed by atoms with Gasteiger partial charge in [-0.15, -0.1) is 11.3 Å². The average Bonchev–Trinajstić information content (AvgIpc) is 2.97. The molecule has 6 nitrogen and oxygen atoms in total. The largest absolute Gasteiger partial charge is 0.378 e. The van der Waals surface area contributed by atoms with Crippen LogP contribution in [0.3, 0.4) is 0 Å². The lowest BCUT2D eigenvalue weighted by Crippen LogP contribution is -2.15. The Hall–Kier alpha value is -2.38. The van der Waals surface area contributed by atoms with Gasteiger partial charge in [-0.1, -0.05) is 31.9 Å². The quantitative estimate of drug-likeness (QED) is 0.484. The molecule has 0 saturated carbocycles. The van der Waals surface area contributed by atoms with Crippen LogP contribution in [-0.2, 0) is 17.8 Å². The van der Waals surface area contributed by atoms with Crippen molar-refractivity contribution >= 4 is 50.4 Å². The van der Waals surface area contributed by atoms with Crippen molar-refractivity contribution in [2.45, 2.75) is 47.1 Å². The van der Waals surface area contributed by atoms with Crippen molar-refractivity contribution in [3.63, 3.8) is 0 Å². The summed E-state index contributed by atoms with van der Waals surface area (Å²) in [6.45, 7) is 8.21. The highest BCUT2D eigenvalue weighted by atomic mass is 35.5. The maximum absolute atomic E-state index is 12.7. The number of aryl methyl sites for hydroxylation is 1. The zero-order valence-corrected chi connectivity index (χ0v) is 18.6. The predicted molar refractivity (Wildman–Crippen MR) is 121 cm³/mol. The van der Waals surface area contributed by atoms with E-state index in [4.69, 9.17) is 11.6 Å². The third-order valence-electron chi connectivity index (χ3n) is 4.90. The number of carbonyl (C=O) groups is 1. The number of nitrogens with one attached hydrogen (secondary N) is 3. The van der Waals surface area contributed by atoms with E-state index in [1.165, 1.54) is 6.92 Å². The molecule has 0 fully saturated rings. The highest BCUT2D eigenvalue weighted by Crippen LogP contribution is 2.30. The Morgan fingerprint density at radius 3 is 2.79 bits per heavy atom. The molecule has 2 heterocycles. The van der Waals surface area contributed by atoms with E-state index in [-0.39, 0.29) is 11.5 Å². The molecule has 154 valence electrons. The van der Waals surface area contributed by atoms with Gasteiger partial charge in [0.15, 0.2) is 0 Å². The van der Waals surface area contributed by atoms with Crippen LogP contribution in [0.4, 0.5) is 11.4 Å². The Bertz CT molecular complexity index is 1110. The Labute approximate surface area is 178 Å². The minimum absolute atomic E-state index is 0.0894. The van der Waals surface area contributed by atoms with E-state index in [0.717, 1.165) is 39.2 Å². The van der Waals surface area contributed by atoms with Crippen LogP contribution >= 0.6 is 22.9 Å². The summed E-state index contributed by atoms with van der Waals surface area (Å²) in [5.74, 6) is 0.917. The summed E-state index contributed by atoms with van der Waals surface area (Å²) >= 11 is 7.78. The van der Waals surface area contributed by atoms with Crippen molar-refractivity contribution < 1.29 is 4.79 Å². The van der Waals surface area contributed by atoms with Crippen molar-refractivity contribution in [1.82, 2.24) is 9.97 Å². The van der Waals surface area contributed by atoms with Crippen LogP contribution in [0, 0.1) is 12.8 Å². The SMILES string of the molecule is CC[C@@H](C)Cc1c(C)sc2nc(CNc3ccc(NC(C)=O)c(Cl)c3)[nH]c(=O)c12. The minimum atomic E-state index is -0.179. The van der Waals surface area contributed by atoms with Crippen LogP contribution in [0.25, 0.3) is 10.2 Å². The number of amides is 1. The van der Waals surface area contributed by atoms with Gasteiger partial charge in [0.1, 0.15) is 10.7 Å².